The number of rotatable bonds is 2. The van der Waals surface area contributed by atoms with E-state index in [1.165, 1.54) is 0 Å². The predicted octanol–water partition coefficient (Wildman–Crippen LogP) is 3.36. The summed E-state index contributed by atoms with van der Waals surface area (Å²) in [6.45, 7) is 1.81. The molecule has 0 saturated heterocycles. The van der Waals surface area contributed by atoms with Crippen LogP contribution in [0.4, 0.5) is 0 Å². The van der Waals surface area contributed by atoms with Crippen LogP contribution in [0.2, 0.25) is 0 Å². The van der Waals surface area contributed by atoms with E-state index < -0.39 is 5.60 Å². The van der Waals surface area contributed by atoms with Crippen molar-refractivity contribution in [1.82, 2.24) is 0 Å². The Morgan fingerprint density at radius 3 is 2.32 bits per heavy atom. The Balaban J connectivity index is 1.79. The van der Waals surface area contributed by atoms with Gasteiger partial charge in [-0.15, -0.1) is 5.10 Å². The van der Waals surface area contributed by atoms with Crippen molar-refractivity contribution in [1.29, 1.82) is 0 Å². The maximum absolute atomic E-state index is 13.3. The maximum Gasteiger partial charge on any atom is 0.193 e. The van der Waals surface area contributed by atoms with Crippen LogP contribution in [0.5, 0.6) is 0 Å². The van der Waals surface area contributed by atoms with Gasteiger partial charge in [-0.3, -0.25) is 4.79 Å². The lowest BCUT2D eigenvalue weighted by Crippen LogP contribution is -2.47. The van der Waals surface area contributed by atoms with Crippen molar-refractivity contribution in [3.8, 4) is 0 Å². The number of Topliss-reactive ketones (excluding diaryl/α,β-unsaturated/α-hetero) is 1. The average molecular weight is 332 g/mol. The minimum absolute atomic E-state index is 0.000512. The first-order chi connectivity index (χ1) is 12.1. The second kappa shape index (κ2) is 6.05. The third-order valence-electron chi connectivity index (χ3n) is 5.05. The lowest BCUT2D eigenvalue weighted by atomic mass is 9.66. The normalized spacial score (nSPS) is 28.8. The van der Waals surface area contributed by atoms with Crippen LogP contribution in [0.25, 0.3) is 0 Å². The van der Waals surface area contributed by atoms with Gasteiger partial charge in [-0.25, -0.2) is 0 Å². The van der Waals surface area contributed by atoms with Crippen LogP contribution in [0.3, 0.4) is 0 Å². The fraction of sp³-hybridized carbons (Fsp3) is 0.286. The van der Waals surface area contributed by atoms with Crippen molar-refractivity contribution in [3.05, 3.63) is 71.8 Å². The van der Waals surface area contributed by atoms with Crippen LogP contribution < -0.4 is 0 Å². The van der Waals surface area contributed by atoms with Crippen molar-refractivity contribution in [2.75, 3.05) is 0 Å². The summed E-state index contributed by atoms with van der Waals surface area (Å²) in [6.07, 6.45) is 0.923. The van der Waals surface area contributed by atoms with Crippen molar-refractivity contribution >= 4 is 17.2 Å². The highest BCUT2D eigenvalue weighted by Crippen LogP contribution is 2.43. The van der Waals surface area contributed by atoms with Gasteiger partial charge in [0, 0.05) is 17.9 Å². The molecule has 2 aliphatic rings. The molecule has 0 spiro atoms. The van der Waals surface area contributed by atoms with Gasteiger partial charge in [0.15, 0.2) is 5.78 Å². The summed E-state index contributed by atoms with van der Waals surface area (Å²) in [7, 11) is 0. The number of nitrogens with zero attached hydrogens (tertiary/aromatic N) is 2. The Morgan fingerprint density at radius 1 is 1.00 bits per heavy atom. The van der Waals surface area contributed by atoms with Crippen LogP contribution in [-0.2, 0) is 4.79 Å². The Bertz CT molecular complexity index is 854. The third-order valence-corrected chi connectivity index (χ3v) is 5.05. The standard InChI is InChI=1S/C21H20N2O2/c1-21(25)12-16(14-8-4-2-5-9-14)18-17(13-21)22-23-19(20(18)24)15-10-6-3-7-11-15/h2-11,16,18,25H,12-13H2,1H3/t16-,18-,21-/m1/s1. The minimum atomic E-state index is -0.879. The summed E-state index contributed by atoms with van der Waals surface area (Å²) >= 11 is 0. The van der Waals surface area contributed by atoms with E-state index in [2.05, 4.69) is 10.2 Å². The highest BCUT2D eigenvalue weighted by Gasteiger charge is 2.47. The SMILES string of the molecule is C[C@]1(O)CC2=NN=C(c3ccccc3)C(=O)[C@@H]2[C@@H](c2ccccc2)C1. The summed E-state index contributed by atoms with van der Waals surface area (Å²) < 4.78 is 0. The molecule has 3 atom stereocenters. The van der Waals surface area contributed by atoms with E-state index in [0.717, 1.165) is 11.1 Å². The number of aliphatic hydroxyl groups is 1. The summed E-state index contributed by atoms with van der Waals surface area (Å²) in [4.78, 5) is 13.3. The zero-order chi connectivity index (χ0) is 17.4. The molecule has 1 saturated carbocycles. The van der Waals surface area contributed by atoms with Gasteiger partial charge in [-0.1, -0.05) is 60.7 Å². The zero-order valence-electron chi connectivity index (χ0n) is 14.1. The number of hydrogen-bond donors (Lipinski definition) is 1. The minimum Gasteiger partial charge on any atom is -0.390 e. The monoisotopic (exact) mass is 332 g/mol. The highest BCUT2D eigenvalue weighted by atomic mass is 16.3. The highest BCUT2D eigenvalue weighted by molar-refractivity contribution is 6.50. The largest absolute Gasteiger partial charge is 0.390 e. The number of fused-ring (bicyclic) bond motifs is 1. The first-order valence-corrected chi connectivity index (χ1v) is 8.56. The average Bonchev–Trinajstić information content (AvgIpc) is 2.62. The number of ketones is 1. The van der Waals surface area contributed by atoms with Crippen LogP contribution in [-0.4, -0.2) is 27.9 Å². The molecule has 126 valence electrons. The van der Waals surface area contributed by atoms with Crippen LogP contribution in [0.15, 0.2) is 70.9 Å². The molecule has 4 nitrogen and oxygen atoms in total. The molecule has 1 fully saturated rings. The summed E-state index contributed by atoms with van der Waals surface area (Å²) in [5.41, 5.74) is 2.07. The Kier molecular flexibility index (Phi) is 3.85. The van der Waals surface area contributed by atoms with E-state index in [1.807, 2.05) is 67.6 Å². The molecule has 1 aliphatic carbocycles. The molecule has 1 heterocycles. The molecule has 1 N–H and O–H groups in total. The lowest BCUT2D eigenvalue weighted by Gasteiger charge is -2.41. The smallest absolute Gasteiger partial charge is 0.193 e. The topological polar surface area (TPSA) is 62.0 Å². The Labute approximate surface area is 146 Å². The Morgan fingerprint density at radius 2 is 1.64 bits per heavy atom. The molecule has 4 heteroatoms. The van der Waals surface area contributed by atoms with Crippen molar-refractivity contribution < 1.29 is 9.90 Å². The summed E-state index contributed by atoms with van der Waals surface area (Å²) in [5, 5.41) is 19.2. The van der Waals surface area contributed by atoms with E-state index in [-0.39, 0.29) is 17.6 Å². The molecule has 0 aromatic heterocycles. The second-order valence-electron chi connectivity index (χ2n) is 7.14. The fourth-order valence-electron chi connectivity index (χ4n) is 3.95. The molecular weight excluding hydrogens is 312 g/mol. The number of benzene rings is 2. The summed E-state index contributed by atoms with van der Waals surface area (Å²) in [5.74, 6) is -0.443. The van der Waals surface area contributed by atoms with Crippen molar-refractivity contribution in [3.63, 3.8) is 0 Å². The van der Waals surface area contributed by atoms with Crippen LogP contribution >= 0.6 is 0 Å². The van der Waals surface area contributed by atoms with Crippen molar-refractivity contribution in [2.45, 2.75) is 31.3 Å². The zero-order valence-corrected chi connectivity index (χ0v) is 14.1. The van der Waals surface area contributed by atoms with Crippen LogP contribution in [0, 0.1) is 5.92 Å². The van der Waals surface area contributed by atoms with Gasteiger partial charge >= 0.3 is 0 Å². The van der Waals surface area contributed by atoms with E-state index in [0.29, 0.717) is 24.3 Å². The van der Waals surface area contributed by atoms with Crippen molar-refractivity contribution in [2.24, 2.45) is 16.1 Å². The number of hydrogen-bond acceptors (Lipinski definition) is 4. The molecule has 0 radical (unpaired) electrons. The molecule has 1 aliphatic heterocycles. The first-order valence-electron chi connectivity index (χ1n) is 8.56. The lowest BCUT2D eigenvalue weighted by molar-refractivity contribution is -0.116. The molecule has 4 rings (SSSR count). The summed E-state index contributed by atoms with van der Waals surface area (Å²) in [6, 6.07) is 19.4. The molecule has 2 aromatic rings. The van der Waals surface area contributed by atoms with Gasteiger partial charge in [0.05, 0.1) is 17.2 Å². The quantitative estimate of drug-likeness (QED) is 0.916. The molecule has 25 heavy (non-hydrogen) atoms. The predicted molar refractivity (Wildman–Crippen MR) is 98.0 cm³/mol. The van der Waals surface area contributed by atoms with E-state index in [1.54, 1.807) is 0 Å². The molecule has 0 unspecified atom stereocenters. The number of carbonyl (C=O) groups is 1. The first kappa shape index (κ1) is 15.9. The van der Waals surface area contributed by atoms with Crippen LogP contribution in [0.1, 0.15) is 36.8 Å². The Hall–Kier alpha value is -2.59. The second-order valence-corrected chi connectivity index (χ2v) is 7.14. The molecule has 0 bridgehead atoms. The van der Waals surface area contributed by atoms with Gasteiger partial charge in [-0.05, 0) is 18.9 Å². The molecule has 0 amide bonds. The maximum atomic E-state index is 13.3. The van der Waals surface area contributed by atoms with Gasteiger partial charge in [0.1, 0.15) is 5.71 Å². The van der Waals surface area contributed by atoms with E-state index in [9.17, 15) is 9.90 Å². The van der Waals surface area contributed by atoms with Gasteiger partial charge < -0.3 is 5.11 Å². The number of carbonyl (C=O) groups excluding carboxylic acids is 1. The van der Waals surface area contributed by atoms with E-state index in [4.69, 9.17) is 0 Å². The molecular formula is C21H20N2O2. The van der Waals surface area contributed by atoms with Gasteiger partial charge in [0.25, 0.3) is 0 Å². The fourth-order valence-corrected chi connectivity index (χ4v) is 3.95. The third kappa shape index (κ3) is 2.94. The van der Waals surface area contributed by atoms with Gasteiger partial charge in [-0.2, -0.15) is 5.10 Å². The van der Waals surface area contributed by atoms with Gasteiger partial charge in [0.2, 0.25) is 0 Å². The molecule has 2 aromatic carbocycles. The van der Waals surface area contributed by atoms with E-state index >= 15 is 0 Å².